The SMILES string of the molecule is Cc1c(-c2ccnn2-c2ccc(C#N)cc2)n(C(=O)NC(C)C(=O)NC2CC[N+](C)(C)CC2)c(=O)n1-c1cccc(C(F)(F)F)c1.O=S(=O)([O-])c1ccccc1. The van der Waals surface area contributed by atoms with Crippen LogP contribution >= 0.6 is 0 Å². The third-order valence-corrected chi connectivity index (χ3v) is 10.2. The quantitative estimate of drug-likeness (QED) is 0.177. The van der Waals surface area contributed by atoms with Crippen LogP contribution in [0.4, 0.5) is 18.0 Å². The molecule has 1 aliphatic rings. The first-order chi connectivity index (χ1) is 26.3. The molecule has 0 aliphatic carbocycles. The van der Waals surface area contributed by atoms with Gasteiger partial charge in [0.25, 0.3) is 0 Å². The molecule has 3 aromatic carbocycles. The largest absolute Gasteiger partial charge is 0.744 e. The molecule has 3 heterocycles. The Labute approximate surface area is 320 Å². The average Bonchev–Trinajstić information content (AvgIpc) is 3.73. The minimum atomic E-state index is -4.67. The van der Waals surface area contributed by atoms with E-state index in [2.05, 4.69) is 29.8 Å². The molecule has 6 rings (SSSR count). The van der Waals surface area contributed by atoms with Crippen molar-refractivity contribution in [3.63, 3.8) is 0 Å². The van der Waals surface area contributed by atoms with Gasteiger partial charge in [0.05, 0.1) is 78.2 Å². The molecule has 18 heteroatoms. The van der Waals surface area contributed by atoms with E-state index in [0.717, 1.165) is 51.7 Å². The number of nitrogens with one attached hydrogen (secondary N) is 2. The number of benzene rings is 3. The summed E-state index contributed by atoms with van der Waals surface area (Å²) in [5.41, 5.74) is -0.587. The van der Waals surface area contributed by atoms with E-state index < -0.39 is 45.5 Å². The highest BCUT2D eigenvalue weighted by Crippen LogP contribution is 2.32. The fourth-order valence-corrected chi connectivity index (χ4v) is 6.72. The lowest BCUT2D eigenvalue weighted by Crippen LogP contribution is -2.55. The Bertz CT molecular complexity index is 2420. The second-order valence-electron chi connectivity index (χ2n) is 13.8. The smallest absolute Gasteiger partial charge is 0.416 e. The number of carbonyl (C=O) groups excluding carboxylic acids is 2. The number of alkyl halides is 3. The lowest BCUT2D eigenvalue weighted by molar-refractivity contribution is -0.895. The van der Waals surface area contributed by atoms with E-state index in [-0.39, 0.29) is 33.7 Å². The summed E-state index contributed by atoms with van der Waals surface area (Å²) in [5.74, 6) is -0.420. The zero-order valence-electron chi connectivity index (χ0n) is 30.8. The predicted molar refractivity (Wildman–Crippen MR) is 198 cm³/mol. The predicted octanol–water partition coefficient (Wildman–Crippen LogP) is 4.58. The van der Waals surface area contributed by atoms with Gasteiger partial charge in [-0.3, -0.25) is 9.36 Å². The van der Waals surface area contributed by atoms with Gasteiger partial charge in [-0.2, -0.15) is 23.5 Å². The maximum absolute atomic E-state index is 14.0. The fraction of sp³-hybridized carbons (Fsp3) is 0.289. The number of hydrogen-bond acceptors (Lipinski definition) is 8. The number of nitriles is 1. The molecular formula is C38H39F3N8O6S. The van der Waals surface area contributed by atoms with Crippen LogP contribution in [-0.4, -0.2) is 87.6 Å². The summed E-state index contributed by atoms with van der Waals surface area (Å²) in [4.78, 5) is 40.7. The van der Waals surface area contributed by atoms with Crippen molar-refractivity contribution in [2.45, 2.75) is 49.8 Å². The highest BCUT2D eigenvalue weighted by atomic mass is 32.2. The number of halogens is 3. The first-order valence-corrected chi connectivity index (χ1v) is 18.7. The third-order valence-electron chi connectivity index (χ3n) is 9.32. The first kappa shape index (κ1) is 41.1. The highest BCUT2D eigenvalue weighted by molar-refractivity contribution is 7.85. The zero-order chi connectivity index (χ0) is 41.0. The molecule has 1 aliphatic heterocycles. The monoisotopic (exact) mass is 792 g/mol. The lowest BCUT2D eigenvalue weighted by Gasteiger charge is -2.37. The molecule has 2 amide bonds. The van der Waals surface area contributed by atoms with E-state index in [0.29, 0.717) is 11.3 Å². The number of likely N-dealkylation sites (tertiary alicyclic amines) is 1. The van der Waals surface area contributed by atoms with Crippen LogP contribution in [0.15, 0.2) is 101 Å². The number of rotatable bonds is 7. The van der Waals surface area contributed by atoms with Crippen LogP contribution in [0.25, 0.3) is 22.8 Å². The topological polar surface area (TPSA) is 184 Å². The number of imidazole rings is 1. The molecule has 5 aromatic rings. The Balaban J connectivity index is 0.000000522. The van der Waals surface area contributed by atoms with E-state index in [4.69, 9.17) is 0 Å². The van der Waals surface area contributed by atoms with Crippen LogP contribution < -0.4 is 16.3 Å². The Morgan fingerprint density at radius 1 is 0.982 bits per heavy atom. The molecule has 2 N–H and O–H groups in total. The summed E-state index contributed by atoms with van der Waals surface area (Å²) in [6.45, 7) is 4.79. The van der Waals surface area contributed by atoms with Crippen LogP contribution in [0.1, 0.15) is 36.6 Å². The molecule has 0 bridgehead atoms. The van der Waals surface area contributed by atoms with Crippen molar-refractivity contribution in [1.82, 2.24) is 29.5 Å². The Kier molecular flexibility index (Phi) is 12.0. The van der Waals surface area contributed by atoms with Gasteiger partial charge in [0.1, 0.15) is 21.9 Å². The van der Waals surface area contributed by atoms with Gasteiger partial charge in [0.2, 0.25) is 5.91 Å². The van der Waals surface area contributed by atoms with Crippen molar-refractivity contribution in [2.75, 3.05) is 27.2 Å². The average molecular weight is 793 g/mol. The summed E-state index contributed by atoms with van der Waals surface area (Å²) < 4.78 is 75.8. The minimum absolute atomic E-state index is 0.0534. The number of amides is 2. The van der Waals surface area contributed by atoms with Gasteiger partial charge in [0.15, 0.2) is 0 Å². The number of nitrogens with zero attached hydrogens (tertiary/aromatic N) is 6. The summed E-state index contributed by atoms with van der Waals surface area (Å²) in [7, 11) is -0.00876. The van der Waals surface area contributed by atoms with Crippen LogP contribution in [0.5, 0.6) is 0 Å². The zero-order valence-corrected chi connectivity index (χ0v) is 31.6. The van der Waals surface area contributed by atoms with Crippen molar-refractivity contribution in [1.29, 1.82) is 5.26 Å². The van der Waals surface area contributed by atoms with Gasteiger partial charge in [-0.25, -0.2) is 27.3 Å². The molecule has 294 valence electrons. The summed E-state index contributed by atoms with van der Waals surface area (Å²) in [6, 6.07) is 19.4. The van der Waals surface area contributed by atoms with Gasteiger partial charge >= 0.3 is 17.9 Å². The molecule has 1 saturated heterocycles. The molecule has 0 saturated carbocycles. The van der Waals surface area contributed by atoms with Gasteiger partial charge in [-0.15, -0.1) is 0 Å². The minimum Gasteiger partial charge on any atom is -0.744 e. The molecule has 14 nitrogen and oxygen atoms in total. The molecule has 0 radical (unpaired) electrons. The number of carbonyl (C=O) groups is 2. The Hall–Kier alpha value is -6.03. The number of piperidine rings is 1. The lowest BCUT2D eigenvalue weighted by atomic mass is 10.0. The number of quaternary nitrogens is 1. The first-order valence-electron chi connectivity index (χ1n) is 17.3. The van der Waals surface area contributed by atoms with Gasteiger partial charge in [-0.05, 0) is 74.5 Å². The van der Waals surface area contributed by atoms with Crippen LogP contribution in [0.2, 0.25) is 0 Å². The maximum atomic E-state index is 14.0. The number of aromatic nitrogens is 4. The van der Waals surface area contributed by atoms with Crippen molar-refractivity contribution in [2.24, 2.45) is 0 Å². The summed E-state index contributed by atoms with van der Waals surface area (Å²) in [6.07, 6.45) is -1.66. The second kappa shape index (κ2) is 16.4. The van der Waals surface area contributed by atoms with E-state index in [1.54, 1.807) is 36.4 Å². The standard InChI is InChI=1S/C32H33F3N8O3.C6H6O3S/c1-20(29(44)39-24-13-16-43(3,4)17-14-24)38-30(45)41-28(27-12-15-37-42(27)25-10-8-22(19-36)9-11-25)21(2)40(31(41)46)26-7-5-6-23(18-26)32(33,34)35;7-10(8,9)6-4-2-1-3-5-6/h5-12,15,18,20,24H,13-14,16-17H2,1-4H3,(H-,38,39,44,45);1-5H,(H,7,8,9). The van der Waals surface area contributed by atoms with Gasteiger partial charge < -0.3 is 19.7 Å². The van der Waals surface area contributed by atoms with Crippen molar-refractivity contribution >= 4 is 22.1 Å². The van der Waals surface area contributed by atoms with Crippen molar-refractivity contribution < 1.29 is 40.2 Å². The molecule has 2 aromatic heterocycles. The Morgan fingerprint density at radius 3 is 2.20 bits per heavy atom. The normalized spacial score (nSPS) is 14.8. The molecule has 1 unspecified atom stereocenters. The van der Waals surface area contributed by atoms with E-state index in [9.17, 15) is 45.8 Å². The van der Waals surface area contributed by atoms with Crippen LogP contribution in [0, 0.1) is 18.3 Å². The molecular weight excluding hydrogens is 754 g/mol. The number of hydrogen-bond donors (Lipinski definition) is 2. The third kappa shape index (κ3) is 9.42. The van der Waals surface area contributed by atoms with E-state index >= 15 is 0 Å². The van der Waals surface area contributed by atoms with Gasteiger partial charge in [-0.1, -0.05) is 24.3 Å². The highest BCUT2D eigenvalue weighted by Gasteiger charge is 2.33. The van der Waals surface area contributed by atoms with Crippen molar-refractivity contribution in [3.8, 4) is 28.8 Å². The Morgan fingerprint density at radius 2 is 1.62 bits per heavy atom. The second-order valence-corrected chi connectivity index (χ2v) is 15.2. The molecule has 0 spiro atoms. The van der Waals surface area contributed by atoms with Crippen molar-refractivity contribution in [3.05, 3.63) is 118 Å². The maximum Gasteiger partial charge on any atom is 0.416 e. The summed E-state index contributed by atoms with van der Waals surface area (Å²) >= 11 is 0. The van der Waals surface area contributed by atoms with Crippen LogP contribution in [-0.2, 0) is 21.1 Å². The van der Waals surface area contributed by atoms with E-state index in [1.165, 1.54) is 61.1 Å². The van der Waals surface area contributed by atoms with Gasteiger partial charge in [0, 0.05) is 18.9 Å². The summed E-state index contributed by atoms with van der Waals surface area (Å²) in [5, 5.41) is 19.1. The molecule has 56 heavy (non-hydrogen) atoms. The molecule has 1 atom stereocenters. The fourth-order valence-electron chi connectivity index (χ4n) is 6.23. The van der Waals surface area contributed by atoms with Crippen LogP contribution in [0.3, 0.4) is 0 Å². The molecule has 1 fully saturated rings. The van der Waals surface area contributed by atoms with E-state index in [1.807, 2.05) is 6.07 Å².